The monoisotopic (exact) mass is 328 g/mol. The third-order valence-corrected chi connectivity index (χ3v) is 4.22. The molecule has 1 atom stereocenters. The van der Waals surface area contributed by atoms with Crippen LogP contribution in [-0.4, -0.2) is 20.8 Å². The average Bonchev–Trinajstić information content (AvgIpc) is 2.24. The molecule has 0 saturated carbocycles. The molecule has 0 aliphatic rings. The molecule has 1 rings (SSSR count). The van der Waals surface area contributed by atoms with Crippen molar-refractivity contribution in [1.82, 2.24) is 0 Å². The maximum Gasteiger partial charge on any atom is 0.233 e. The highest BCUT2D eigenvalue weighted by molar-refractivity contribution is 8.13. The van der Waals surface area contributed by atoms with Crippen molar-refractivity contribution >= 4 is 31.3 Å². The van der Waals surface area contributed by atoms with Gasteiger partial charge in [0.25, 0.3) is 0 Å². The highest BCUT2D eigenvalue weighted by atomic mass is 35.7. The Bertz CT molecular complexity index is 512. The number of ether oxygens (including phenoxy) is 1. The molecular formula is C12H15Cl2FO3S. The van der Waals surface area contributed by atoms with E-state index in [0.29, 0.717) is 0 Å². The van der Waals surface area contributed by atoms with E-state index >= 15 is 0 Å². The van der Waals surface area contributed by atoms with E-state index in [4.69, 9.17) is 27.0 Å². The van der Waals surface area contributed by atoms with Gasteiger partial charge >= 0.3 is 0 Å². The molecule has 0 bridgehead atoms. The first-order chi connectivity index (χ1) is 8.70. The van der Waals surface area contributed by atoms with E-state index in [1.807, 2.05) is 13.8 Å². The van der Waals surface area contributed by atoms with Gasteiger partial charge in [0, 0.05) is 16.6 Å². The molecule has 19 heavy (non-hydrogen) atoms. The number of benzene rings is 1. The van der Waals surface area contributed by atoms with Crippen molar-refractivity contribution in [3.05, 3.63) is 29.0 Å². The third kappa shape index (κ3) is 5.55. The normalized spacial score (nSPS) is 13.6. The van der Waals surface area contributed by atoms with Crippen LogP contribution in [0.25, 0.3) is 0 Å². The van der Waals surface area contributed by atoms with Gasteiger partial charge in [-0.25, -0.2) is 12.8 Å². The number of rotatable bonds is 6. The van der Waals surface area contributed by atoms with Gasteiger partial charge in [-0.3, -0.25) is 0 Å². The minimum Gasteiger partial charge on any atom is -0.489 e. The standard InChI is InChI=1S/C12H15Cl2FO3S/c1-8(2)9(7-19(14,16)17)6-18-12-10(13)4-3-5-11(12)15/h3-5,8-9H,6-7H2,1-2H3. The van der Waals surface area contributed by atoms with Crippen LogP contribution in [-0.2, 0) is 9.05 Å². The summed E-state index contributed by atoms with van der Waals surface area (Å²) in [6, 6.07) is 4.19. The second-order valence-electron chi connectivity index (χ2n) is 4.57. The van der Waals surface area contributed by atoms with Crippen LogP contribution in [0.3, 0.4) is 0 Å². The van der Waals surface area contributed by atoms with Crippen LogP contribution in [0, 0.1) is 17.7 Å². The topological polar surface area (TPSA) is 43.4 Å². The van der Waals surface area contributed by atoms with Crippen molar-refractivity contribution in [2.75, 3.05) is 12.4 Å². The van der Waals surface area contributed by atoms with Crippen LogP contribution < -0.4 is 4.74 Å². The largest absolute Gasteiger partial charge is 0.489 e. The Hall–Kier alpha value is -0.520. The van der Waals surface area contributed by atoms with Crippen molar-refractivity contribution in [3.63, 3.8) is 0 Å². The quantitative estimate of drug-likeness (QED) is 0.748. The molecule has 0 N–H and O–H groups in total. The van der Waals surface area contributed by atoms with E-state index in [-0.39, 0.29) is 35.0 Å². The summed E-state index contributed by atoms with van der Waals surface area (Å²) < 4.78 is 41.0. The van der Waals surface area contributed by atoms with Crippen LogP contribution in [0.4, 0.5) is 4.39 Å². The Balaban J connectivity index is 2.77. The summed E-state index contributed by atoms with van der Waals surface area (Å²) in [6.45, 7) is 3.72. The van der Waals surface area contributed by atoms with Crippen LogP contribution in [0.1, 0.15) is 13.8 Å². The van der Waals surface area contributed by atoms with Gasteiger partial charge in [-0.15, -0.1) is 0 Å². The molecule has 0 spiro atoms. The van der Waals surface area contributed by atoms with Gasteiger partial charge < -0.3 is 4.74 Å². The lowest BCUT2D eigenvalue weighted by molar-refractivity contribution is 0.217. The number of para-hydroxylation sites is 1. The van der Waals surface area contributed by atoms with E-state index in [1.165, 1.54) is 18.2 Å². The zero-order valence-corrected chi connectivity index (χ0v) is 12.9. The Morgan fingerprint density at radius 2 is 2.00 bits per heavy atom. The van der Waals surface area contributed by atoms with E-state index in [0.717, 1.165) is 0 Å². The van der Waals surface area contributed by atoms with Crippen LogP contribution in [0.15, 0.2) is 18.2 Å². The van der Waals surface area contributed by atoms with Gasteiger partial charge in [0.1, 0.15) is 0 Å². The number of halogens is 3. The molecule has 0 fully saturated rings. The second kappa shape index (κ2) is 6.77. The summed E-state index contributed by atoms with van der Waals surface area (Å²) in [7, 11) is 1.61. The minimum atomic E-state index is -3.63. The molecule has 3 nitrogen and oxygen atoms in total. The Morgan fingerprint density at radius 1 is 1.37 bits per heavy atom. The summed E-state index contributed by atoms with van der Waals surface area (Å²) in [5.74, 6) is -1.18. The summed E-state index contributed by atoms with van der Waals surface area (Å²) >= 11 is 5.82. The zero-order valence-electron chi connectivity index (χ0n) is 10.6. The van der Waals surface area contributed by atoms with Crippen molar-refractivity contribution in [2.24, 2.45) is 11.8 Å². The smallest absolute Gasteiger partial charge is 0.233 e. The molecule has 0 amide bonds. The molecule has 0 saturated heterocycles. The van der Waals surface area contributed by atoms with E-state index in [9.17, 15) is 12.8 Å². The maximum atomic E-state index is 13.5. The van der Waals surface area contributed by atoms with Crippen LogP contribution in [0.2, 0.25) is 5.02 Å². The average molecular weight is 329 g/mol. The van der Waals surface area contributed by atoms with Crippen molar-refractivity contribution in [2.45, 2.75) is 13.8 Å². The predicted molar refractivity (Wildman–Crippen MR) is 74.9 cm³/mol. The molecule has 0 radical (unpaired) electrons. The van der Waals surface area contributed by atoms with E-state index < -0.39 is 14.9 Å². The molecular weight excluding hydrogens is 314 g/mol. The summed E-state index contributed by atoms with van der Waals surface area (Å²) in [6.07, 6.45) is 0. The van der Waals surface area contributed by atoms with Gasteiger partial charge in [-0.2, -0.15) is 0 Å². The van der Waals surface area contributed by atoms with Gasteiger partial charge in [0.05, 0.1) is 17.4 Å². The highest BCUT2D eigenvalue weighted by Crippen LogP contribution is 2.28. The minimum absolute atomic E-state index is 0.0269. The van der Waals surface area contributed by atoms with Gasteiger partial charge in [0.15, 0.2) is 11.6 Å². The molecule has 1 aromatic rings. The molecule has 7 heteroatoms. The van der Waals surface area contributed by atoms with Gasteiger partial charge in [0.2, 0.25) is 9.05 Å². The molecule has 108 valence electrons. The lowest BCUT2D eigenvalue weighted by Crippen LogP contribution is -2.24. The number of hydrogen-bond acceptors (Lipinski definition) is 3. The molecule has 1 unspecified atom stereocenters. The SMILES string of the molecule is CC(C)C(COc1c(F)cccc1Cl)CS(=O)(=O)Cl. The first-order valence-corrected chi connectivity index (χ1v) is 8.55. The lowest BCUT2D eigenvalue weighted by Gasteiger charge is -2.20. The molecule has 0 aromatic heterocycles. The van der Waals surface area contributed by atoms with Crippen molar-refractivity contribution < 1.29 is 17.5 Å². The molecule has 0 heterocycles. The van der Waals surface area contributed by atoms with Crippen molar-refractivity contribution in [3.8, 4) is 5.75 Å². The number of hydrogen-bond donors (Lipinski definition) is 0. The molecule has 0 aliphatic carbocycles. The Kier molecular flexibility index (Phi) is 5.89. The first kappa shape index (κ1) is 16.5. The second-order valence-corrected chi connectivity index (χ2v) is 7.80. The fourth-order valence-electron chi connectivity index (χ4n) is 1.50. The fourth-order valence-corrected chi connectivity index (χ4v) is 3.20. The van der Waals surface area contributed by atoms with Crippen molar-refractivity contribution in [1.29, 1.82) is 0 Å². The Morgan fingerprint density at radius 3 is 2.47 bits per heavy atom. The third-order valence-electron chi connectivity index (χ3n) is 2.72. The summed E-state index contributed by atoms with van der Waals surface area (Å²) in [5.41, 5.74) is 0. The van der Waals surface area contributed by atoms with Gasteiger partial charge in [-0.1, -0.05) is 31.5 Å². The lowest BCUT2D eigenvalue weighted by atomic mass is 9.99. The van der Waals surface area contributed by atoms with E-state index in [1.54, 1.807) is 0 Å². The molecule has 1 aromatic carbocycles. The summed E-state index contributed by atoms with van der Waals surface area (Å²) in [4.78, 5) is 0. The fraction of sp³-hybridized carbons (Fsp3) is 0.500. The highest BCUT2D eigenvalue weighted by Gasteiger charge is 2.22. The zero-order chi connectivity index (χ0) is 14.6. The van der Waals surface area contributed by atoms with Crippen LogP contribution >= 0.6 is 22.3 Å². The first-order valence-electron chi connectivity index (χ1n) is 5.70. The Labute approximate surface area is 122 Å². The van der Waals surface area contributed by atoms with Gasteiger partial charge in [-0.05, 0) is 18.1 Å². The van der Waals surface area contributed by atoms with Crippen LogP contribution in [0.5, 0.6) is 5.75 Å². The molecule has 0 aliphatic heterocycles. The maximum absolute atomic E-state index is 13.5. The predicted octanol–water partition coefficient (Wildman–Crippen LogP) is 3.70. The van der Waals surface area contributed by atoms with E-state index in [2.05, 4.69) is 0 Å². The summed E-state index contributed by atoms with van der Waals surface area (Å²) in [5, 5.41) is 0.149.